The number of alkyl halides is 3. The van der Waals surface area contributed by atoms with Gasteiger partial charge in [0.2, 0.25) is 0 Å². The molecule has 0 fully saturated rings. The van der Waals surface area contributed by atoms with Crippen LogP contribution in [-0.2, 0) is 6.18 Å². The molecule has 1 amide bonds. The van der Waals surface area contributed by atoms with Crippen molar-refractivity contribution in [2.24, 2.45) is 5.73 Å². The molecule has 4 aromatic rings. The summed E-state index contributed by atoms with van der Waals surface area (Å²) in [6, 6.07) is 25.8. The third-order valence-corrected chi connectivity index (χ3v) is 7.45. The zero-order chi connectivity index (χ0) is 32.9. The molecule has 0 radical (unpaired) electrons. The van der Waals surface area contributed by atoms with Crippen LogP contribution in [0, 0.1) is 11.3 Å². The number of hydrogen-bond acceptors (Lipinski definition) is 7. The van der Waals surface area contributed by atoms with Gasteiger partial charge in [0, 0.05) is 44.0 Å². The minimum Gasteiger partial charge on any atom is -0.329 e. The van der Waals surface area contributed by atoms with Crippen molar-refractivity contribution in [3.63, 3.8) is 0 Å². The van der Waals surface area contributed by atoms with E-state index in [-0.39, 0.29) is 23.0 Å². The number of anilines is 1. The van der Waals surface area contributed by atoms with Gasteiger partial charge in [0.25, 0.3) is 5.91 Å². The number of carbonyl (C=O) groups is 1. The second-order valence-corrected chi connectivity index (χ2v) is 10.8. The van der Waals surface area contributed by atoms with Crippen LogP contribution < -0.4 is 27.0 Å². The van der Waals surface area contributed by atoms with Crippen LogP contribution in [-0.4, -0.2) is 54.5 Å². The van der Waals surface area contributed by atoms with E-state index in [0.29, 0.717) is 24.3 Å². The van der Waals surface area contributed by atoms with Gasteiger partial charge in [-0.05, 0) is 60.8 Å². The number of nitriles is 1. The third kappa shape index (κ3) is 9.48. The van der Waals surface area contributed by atoms with E-state index >= 15 is 0 Å². The first-order valence-electron chi connectivity index (χ1n) is 15.2. The minimum absolute atomic E-state index is 0.161. The first-order valence-corrected chi connectivity index (χ1v) is 15.2. The van der Waals surface area contributed by atoms with Crippen LogP contribution in [0.4, 0.5) is 18.9 Å². The first-order chi connectivity index (χ1) is 22.2. The first kappa shape index (κ1) is 34.3. The fourth-order valence-electron chi connectivity index (χ4n) is 5.09. The number of halogens is 3. The molecule has 2 atom stereocenters. The van der Waals surface area contributed by atoms with Gasteiger partial charge in [-0.2, -0.15) is 23.5 Å². The van der Waals surface area contributed by atoms with Gasteiger partial charge in [0.05, 0.1) is 23.4 Å². The normalized spacial score (nSPS) is 12.8. The Balaban J connectivity index is 1.53. The van der Waals surface area contributed by atoms with Crippen molar-refractivity contribution in [2.75, 3.05) is 38.0 Å². The summed E-state index contributed by atoms with van der Waals surface area (Å²) >= 11 is 0. The number of nitrogens with two attached hydrogens (primary N) is 1. The third-order valence-electron chi connectivity index (χ3n) is 7.45. The van der Waals surface area contributed by atoms with E-state index in [0.717, 1.165) is 54.8 Å². The van der Waals surface area contributed by atoms with E-state index in [2.05, 4.69) is 33.3 Å². The highest BCUT2D eigenvalue weighted by molar-refractivity contribution is 6.03. The summed E-state index contributed by atoms with van der Waals surface area (Å²) in [6.07, 6.45) is -2.90. The van der Waals surface area contributed by atoms with Gasteiger partial charge in [-0.3, -0.25) is 4.79 Å². The highest BCUT2D eigenvalue weighted by Crippen LogP contribution is 2.30. The second kappa shape index (κ2) is 16.7. The van der Waals surface area contributed by atoms with Crippen LogP contribution in [0.15, 0.2) is 84.9 Å². The van der Waals surface area contributed by atoms with Gasteiger partial charge < -0.3 is 27.0 Å². The van der Waals surface area contributed by atoms with Crippen molar-refractivity contribution < 1.29 is 18.0 Å². The van der Waals surface area contributed by atoms with E-state index < -0.39 is 17.8 Å². The molecule has 4 rings (SSSR count). The van der Waals surface area contributed by atoms with Crippen molar-refractivity contribution in [3.8, 4) is 11.8 Å². The Hall–Kier alpha value is -4.54. The average Bonchev–Trinajstić information content (AvgIpc) is 3.53. The molecule has 1 heterocycles. The van der Waals surface area contributed by atoms with E-state index in [9.17, 15) is 23.2 Å². The van der Waals surface area contributed by atoms with Gasteiger partial charge in [-0.25, -0.2) is 4.68 Å². The summed E-state index contributed by atoms with van der Waals surface area (Å²) in [5, 5.41) is 26.2. The van der Waals surface area contributed by atoms with Crippen molar-refractivity contribution in [2.45, 2.75) is 38.0 Å². The van der Waals surface area contributed by atoms with E-state index in [1.807, 2.05) is 48.5 Å². The highest BCUT2D eigenvalue weighted by Gasteiger charge is 2.36. The molecule has 0 spiro atoms. The molecule has 46 heavy (non-hydrogen) atoms. The zero-order valence-electron chi connectivity index (χ0n) is 25.6. The Morgan fingerprint density at radius 3 is 2.41 bits per heavy atom. The van der Waals surface area contributed by atoms with Gasteiger partial charge in [-0.1, -0.05) is 55.5 Å². The lowest BCUT2D eigenvalue weighted by molar-refractivity contribution is -0.141. The van der Waals surface area contributed by atoms with Crippen molar-refractivity contribution in [1.29, 1.82) is 5.26 Å². The molecule has 242 valence electrons. The maximum Gasteiger partial charge on any atom is 0.435 e. The Morgan fingerprint density at radius 2 is 1.70 bits per heavy atom. The predicted octanol–water partition coefficient (Wildman–Crippen LogP) is 5.00. The molecule has 0 saturated carbocycles. The lowest BCUT2D eigenvalue weighted by atomic mass is 9.97. The summed E-state index contributed by atoms with van der Waals surface area (Å²) in [4.78, 5) is 13.4. The number of amides is 1. The van der Waals surface area contributed by atoms with Crippen LogP contribution in [0.5, 0.6) is 0 Å². The molecule has 0 aliphatic rings. The molecule has 9 nitrogen and oxygen atoms in total. The average molecular weight is 633 g/mol. The van der Waals surface area contributed by atoms with Gasteiger partial charge in [0.1, 0.15) is 5.69 Å². The number of benzene rings is 3. The molecule has 12 heteroatoms. The largest absolute Gasteiger partial charge is 0.435 e. The number of rotatable bonds is 16. The van der Waals surface area contributed by atoms with Crippen LogP contribution in [0.25, 0.3) is 5.69 Å². The van der Waals surface area contributed by atoms with Crippen molar-refractivity contribution in [3.05, 3.63) is 113 Å². The van der Waals surface area contributed by atoms with Gasteiger partial charge >= 0.3 is 6.18 Å². The summed E-state index contributed by atoms with van der Waals surface area (Å²) in [5.74, 6) is -0.774. The van der Waals surface area contributed by atoms with Gasteiger partial charge in [-0.15, -0.1) is 0 Å². The number of carbonyl (C=O) groups excluding carboxylic acids is 1. The molecule has 6 N–H and O–H groups in total. The molecule has 1 aromatic heterocycles. The summed E-state index contributed by atoms with van der Waals surface area (Å²) < 4.78 is 41.8. The van der Waals surface area contributed by atoms with Gasteiger partial charge in [0.15, 0.2) is 5.69 Å². The smallest absolute Gasteiger partial charge is 0.329 e. The number of nitrogens with zero attached hydrogens (tertiary/aromatic N) is 3. The standard InChI is InChI=1S/C34H39F3N8O/c1-2-27(41-19-18-40-17-15-38)14-16-42-32(25-9-4-3-5-10-25)26-11-7-12-28(21-26)43-33(46)30-22-31(34(35,36)37)44-45(30)29-13-6-8-24(20-29)23-39/h3-13,20-22,27,32,40-42H,2,14-19,38H2,1H3,(H,43,46). The summed E-state index contributed by atoms with van der Waals surface area (Å²) in [5.41, 5.74) is 6.71. The van der Waals surface area contributed by atoms with E-state index in [4.69, 9.17) is 5.73 Å². The fourth-order valence-corrected chi connectivity index (χ4v) is 5.09. The molecule has 2 unspecified atom stereocenters. The monoisotopic (exact) mass is 632 g/mol. The minimum atomic E-state index is -4.77. The molecular formula is C34H39F3N8O. The van der Waals surface area contributed by atoms with Crippen LogP contribution in [0.3, 0.4) is 0 Å². The Kier molecular flexibility index (Phi) is 12.4. The molecule has 0 aliphatic carbocycles. The molecule has 0 aliphatic heterocycles. The number of hydrogen-bond donors (Lipinski definition) is 5. The van der Waals surface area contributed by atoms with E-state index in [1.54, 1.807) is 12.1 Å². The molecule has 0 bridgehead atoms. The second-order valence-electron chi connectivity index (χ2n) is 10.8. The lowest BCUT2D eigenvalue weighted by Crippen LogP contribution is -2.38. The zero-order valence-corrected chi connectivity index (χ0v) is 25.6. The lowest BCUT2D eigenvalue weighted by Gasteiger charge is -2.23. The maximum absolute atomic E-state index is 13.6. The van der Waals surface area contributed by atoms with Crippen molar-refractivity contribution >= 4 is 11.6 Å². The Labute approximate surface area is 267 Å². The summed E-state index contributed by atoms with van der Waals surface area (Å²) in [7, 11) is 0. The molecule has 3 aromatic carbocycles. The fraction of sp³-hybridized carbons (Fsp3) is 0.324. The SMILES string of the molecule is CCC(CCNC(c1ccccc1)c1cccc(NC(=O)c2cc(C(F)(F)F)nn2-c2cccc(C#N)c2)c1)NCCNCCN. The Bertz CT molecular complexity index is 1600. The van der Waals surface area contributed by atoms with Crippen LogP contribution in [0.1, 0.15) is 58.7 Å². The number of aromatic nitrogens is 2. The van der Waals surface area contributed by atoms with Crippen LogP contribution >= 0.6 is 0 Å². The predicted molar refractivity (Wildman–Crippen MR) is 173 cm³/mol. The molecular weight excluding hydrogens is 593 g/mol. The topological polar surface area (TPSA) is 133 Å². The van der Waals surface area contributed by atoms with E-state index in [1.165, 1.54) is 24.3 Å². The molecule has 0 saturated heterocycles. The number of nitrogens with one attached hydrogen (secondary N) is 4. The van der Waals surface area contributed by atoms with Crippen LogP contribution in [0.2, 0.25) is 0 Å². The maximum atomic E-state index is 13.6. The highest BCUT2D eigenvalue weighted by atomic mass is 19.4. The quantitative estimate of drug-likeness (QED) is 0.110. The Morgan fingerprint density at radius 1 is 0.935 bits per heavy atom. The summed E-state index contributed by atoms with van der Waals surface area (Å²) in [6.45, 7) is 5.95. The van der Waals surface area contributed by atoms with Crippen molar-refractivity contribution in [1.82, 2.24) is 25.7 Å².